The summed E-state index contributed by atoms with van der Waals surface area (Å²) < 4.78 is 5.15. The SMILES string of the molecule is CCOC(=O)c1cnc2c(C)c(Cl)ccc2c1NCC[NH+](C)C. The number of hydrogen-bond acceptors (Lipinski definition) is 4. The van der Waals surface area contributed by atoms with Crippen molar-refractivity contribution in [3.8, 4) is 0 Å². The molecule has 23 heavy (non-hydrogen) atoms. The minimum atomic E-state index is -0.366. The number of nitrogens with zero attached hydrogens (tertiary/aromatic N) is 1. The summed E-state index contributed by atoms with van der Waals surface area (Å²) in [5, 5.41) is 4.91. The molecular weight excluding hydrogens is 314 g/mol. The molecule has 0 spiro atoms. The first-order chi connectivity index (χ1) is 11.0. The van der Waals surface area contributed by atoms with Gasteiger partial charge in [-0.15, -0.1) is 0 Å². The molecule has 2 N–H and O–H groups in total. The maximum atomic E-state index is 12.2. The van der Waals surface area contributed by atoms with E-state index >= 15 is 0 Å². The average Bonchev–Trinajstić information content (AvgIpc) is 2.51. The molecule has 0 atom stereocenters. The maximum Gasteiger partial charge on any atom is 0.341 e. The summed E-state index contributed by atoms with van der Waals surface area (Å²) >= 11 is 6.18. The van der Waals surface area contributed by atoms with Crippen molar-refractivity contribution in [2.75, 3.05) is 39.1 Å². The van der Waals surface area contributed by atoms with Crippen LogP contribution >= 0.6 is 11.6 Å². The van der Waals surface area contributed by atoms with Gasteiger partial charge in [0.25, 0.3) is 0 Å². The number of nitrogens with one attached hydrogen (secondary N) is 2. The van der Waals surface area contributed by atoms with Gasteiger partial charge in [0, 0.05) is 16.6 Å². The van der Waals surface area contributed by atoms with Crippen LogP contribution < -0.4 is 10.2 Å². The number of pyridine rings is 1. The second kappa shape index (κ2) is 7.62. The monoisotopic (exact) mass is 336 g/mol. The Kier molecular flexibility index (Phi) is 5.80. The molecule has 0 unspecified atom stereocenters. The lowest BCUT2D eigenvalue weighted by Gasteiger charge is -2.16. The van der Waals surface area contributed by atoms with E-state index in [1.807, 2.05) is 19.1 Å². The number of rotatable bonds is 6. The number of hydrogen-bond donors (Lipinski definition) is 2. The van der Waals surface area contributed by atoms with E-state index in [1.54, 1.807) is 13.1 Å². The fourth-order valence-electron chi connectivity index (χ4n) is 2.37. The number of quaternary nitrogens is 1. The van der Waals surface area contributed by atoms with Crippen LogP contribution in [0.25, 0.3) is 10.9 Å². The average molecular weight is 337 g/mol. The minimum Gasteiger partial charge on any atom is -0.462 e. The number of fused-ring (bicyclic) bond motifs is 1. The summed E-state index contributed by atoms with van der Waals surface area (Å²) in [4.78, 5) is 18.0. The molecule has 1 aromatic heterocycles. The Labute approximate surface area is 141 Å². The van der Waals surface area contributed by atoms with E-state index < -0.39 is 0 Å². The molecule has 2 rings (SSSR count). The molecule has 1 heterocycles. The van der Waals surface area contributed by atoms with Gasteiger partial charge in [0.15, 0.2) is 0 Å². The smallest absolute Gasteiger partial charge is 0.341 e. The molecule has 124 valence electrons. The van der Waals surface area contributed by atoms with Crippen LogP contribution in [0, 0.1) is 6.92 Å². The van der Waals surface area contributed by atoms with Crippen LogP contribution in [-0.2, 0) is 4.74 Å². The van der Waals surface area contributed by atoms with Gasteiger partial charge in [-0.1, -0.05) is 11.6 Å². The van der Waals surface area contributed by atoms with Gasteiger partial charge in [-0.3, -0.25) is 4.98 Å². The van der Waals surface area contributed by atoms with Gasteiger partial charge in [-0.25, -0.2) is 4.79 Å². The number of aryl methyl sites for hydroxylation is 1. The number of aromatic nitrogens is 1. The largest absolute Gasteiger partial charge is 0.462 e. The van der Waals surface area contributed by atoms with E-state index in [1.165, 1.54) is 4.90 Å². The highest BCUT2D eigenvalue weighted by Gasteiger charge is 2.18. The predicted molar refractivity (Wildman–Crippen MR) is 93.6 cm³/mol. The Morgan fingerprint density at radius 2 is 2.13 bits per heavy atom. The Bertz CT molecular complexity index is 717. The van der Waals surface area contributed by atoms with E-state index in [0.29, 0.717) is 17.2 Å². The summed E-state index contributed by atoms with van der Waals surface area (Å²) in [7, 11) is 4.17. The van der Waals surface area contributed by atoms with Crippen molar-refractivity contribution in [1.29, 1.82) is 0 Å². The zero-order valence-electron chi connectivity index (χ0n) is 14.0. The number of carbonyl (C=O) groups excluding carboxylic acids is 1. The van der Waals surface area contributed by atoms with Crippen molar-refractivity contribution >= 4 is 34.2 Å². The van der Waals surface area contributed by atoms with E-state index in [4.69, 9.17) is 16.3 Å². The van der Waals surface area contributed by atoms with Crippen molar-refractivity contribution in [1.82, 2.24) is 4.98 Å². The number of ether oxygens (including phenoxy) is 1. The number of anilines is 1. The third-order valence-corrected chi connectivity index (χ3v) is 4.06. The summed E-state index contributed by atoms with van der Waals surface area (Å²) in [5.74, 6) is -0.366. The van der Waals surface area contributed by atoms with Crippen LogP contribution in [0.3, 0.4) is 0 Å². The topological polar surface area (TPSA) is 55.7 Å². The van der Waals surface area contributed by atoms with E-state index in [-0.39, 0.29) is 5.97 Å². The maximum absolute atomic E-state index is 12.2. The molecule has 0 radical (unpaired) electrons. The summed E-state index contributed by atoms with van der Waals surface area (Å²) in [6.45, 7) is 5.72. The molecule has 0 saturated carbocycles. The summed E-state index contributed by atoms with van der Waals surface area (Å²) in [5.41, 5.74) is 2.91. The van der Waals surface area contributed by atoms with Crippen LogP contribution in [-0.4, -0.2) is 44.7 Å². The molecule has 0 amide bonds. The zero-order chi connectivity index (χ0) is 17.0. The molecule has 1 aromatic carbocycles. The van der Waals surface area contributed by atoms with E-state index in [9.17, 15) is 4.79 Å². The highest BCUT2D eigenvalue weighted by molar-refractivity contribution is 6.32. The lowest BCUT2D eigenvalue weighted by atomic mass is 10.1. The van der Waals surface area contributed by atoms with Crippen molar-refractivity contribution in [2.24, 2.45) is 0 Å². The number of halogens is 1. The molecule has 6 heteroatoms. The molecule has 0 fully saturated rings. The van der Waals surface area contributed by atoms with Gasteiger partial charge in [-0.2, -0.15) is 0 Å². The van der Waals surface area contributed by atoms with Crippen molar-refractivity contribution < 1.29 is 14.4 Å². The van der Waals surface area contributed by atoms with Gasteiger partial charge in [0.05, 0.1) is 45.0 Å². The lowest BCUT2D eigenvalue weighted by molar-refractivity contribution is -0.856. The van der Waals surface area contributed by atoms with Gasteiger partial charge >= 0.3 is 5.97 Å². The van der Waals surface area contributed by atoms with Crippen LogP contribution in [0.4, 0.5) is 5.69 Å². The van der Waals surface area contributed by atoms with Crippen molar-refractivity contribution in [3.63, 3.8) is 0 Å². The predicted octanol–water partition coefficient (Wildman–Crippen LogP) is 1.93. The fraction of sp³-hybridized carbons (Fsp3) is 0.412. The molecular formula is C17H23ClN3O2+. The highest BCUT2D eigenvalue weighted by Crippen LogP contribution is 2.31. The Morgan fingerprint density at radius 1 is 1.39 bits per heavy atom. The summed E-state index contributed by atoms with van der Waals surface area (Å²) in [6.07, 6.45) is 1.56. The zero-order valence-corrected chi connectivity index (χ0v) is 14.8. The number of likely N-dealkylation sites (N-methyl/N-ethyl adjacent to an activating group) is 1. The number of carbonyl (C=O) groups is 1. The Morgan fingerprint density at radius 3 is 2.78 bits per heavy atom. The molecule has 0 aliphatic carbocycles. The number of esters is 1. The van der Waals surface area contributed by atoms with E-state index in [0.717, 1.165) is 35.2 Å². The Balaban J connectivity index is 2.52. The first-order valence-electron chi connectivity index (χ1n) is 7.73. The van der Waals surface area contributed by atoms with Gasteiger partial charge < -0.3 is 15.0 Å². The molecule has 0 saturated heterocycles. The quantitative estimate of drug-likeness (QED) is 0.791. The molecule has 2 aromatic rings. The van der Waals surface area contributed by atoms with Crippen LogP contribution in [0.2, 0.25) is 5.02 Å². The third-order valence-electron chi connectivity index (χ3n) is 3.65. The fourth-order valence-corrected chi connectivity index (χ4v) is 2.53. The third kappa shape index (κ3) is 3.92. The minimum absolute atomic E-state index is 0.331. The second-order valence-electron chi connectivity index (χ2n) is 5.72. The van der Waals surface area contributed by atoms with Crippen molar-refractivity contribution in [3.05, 3.63) is 34.5 Å². The molecule has 5 nitrogen and oxygen atoms in total. The van der Waals surface area contributed by atoms with Crippen molar-refractivity contribution in [2.45, 2.75) is 13.8 Å². The van der Waals surface area contributed by atoms with Crippen LogP contribution in [0.15, 0.2) is 18.3 Å². The molecule has 0 aliphatic heterocycles. The normalized spacial score (nSPS) is 11.0. The van der Waals surface area contributed by atoms with Gasteiger partial charge in [0.2, 0.25) is 0 Å². The summed E-state index contributed by atoms with van der Waals surface area (Å²) in [6, 6.07) is 3.73. The standard InChI is InChI=1S/C17H22ClN3O2/c1-5-23-17(22)13-10-20-15-11(2)14(18)7-6-12(15)16(13)19-8-9-21(3)4/h6-7,10H,5,8-9H2,1-4H3,(H,19,20)/p+1. The van der Waals surface area contributed by atoms with Gasteiger partial charge in [-0.05, 0) is 31.5 Å². The number of benzene rings is 1. The Hall–Kier alpha value is -1.85. The van der Waals surface area contributed by atoms with Crippen LogP contribution in [0.5, 0.6) is 0 Å². The lowest BCUT2D eigenvalue weighted by Crippen LogP contribution is -3.06. The molecule has 0 aliphatic rings. The molecule has 0 bridgehead atoms. The highest BCUT2D eigenvalue weighted by atomic mass is 35.5. The first-order valence-corrected chi connectivity index (χ1v) is 8.11. The first kappa shape index (κ1) is 17.5. The van der Waals surface area contributed by atoms with Crippen LogP contribution in [0.1, 0.15) is 22.8 Å². The second-order valence-corrected chi connectivity index (χ2v) is 6.13. The van der Waals surface area contributed by atoms with E-state index in [2.05, 4.69) is 24.4 Å². The van der Waals surface area contributed by atoms with Gasteiger partial charge in [0.1, 0.15) is 5.56 Å².